The van der Waals surface area contributed by atoms with Gasteiger partial charge in [-0.2, -0.15) is 17.5 Å². The molecular formula is C22H32BrF3N4O5S. The van der Waals surface area contributed by atoms with E-state index < -0.39 is 22.2 Å². The monoisotopic (exact) mass is 600 g/mol. The number of halogens is 4. The van der Waals surface area contributed by atoms with Crippen molar-refractivity contribution in [2.24, 2.45) is 0 Å². The maximum atomic E-state index is 13.1. The molecule has 2 heterocycles. The van der Waals surface area contributed by atoms with Crippen molar-refractivity contribution in [1.29, 1.82) is 0 Å². The van der Waals surface area contributed by atoms with Gasteiger partial charge in [-0.15, -0.1) is 0 Å². The Morgan fingerprint density at radius 3 is 2.08 bits per heavy atom. The van der Waals surface area contributed by atoms with Gasteiger partial charge in [0.25, 0.3) is 5.91 Å². The van der Waals surface area contributed by atoms with E-state index in [1.807, 2.05) is 12.1 Å². The Bertz CT molecular complexity index is 951. The first kappa shape index (κ1) is 30.5. The van der Waals surface area contributed by atoms with Crippen molar-refractivity contribution >= 4 is 37.8 Å². The summed E-state index contributed by atoms with van der Waals surface area (Å²) >= 11 is 3.39. The quantitative estimate of drug-likeness (QED) is 0.471. The van der Waals surface area contributed by atoms with E-state index in [1.165, 1.54) is 23.6 Å². The van der Waals surface area contributed by atoms with Crippen LogP contribution in [0, 0.1) is 0 Å². The van der Waals surface area contributed by atoms with Gasteiger partial charge in [0, 0.05) is 55.8 Å². The molecule has 0 unspecified atom stereocenters. The van der Waals surface area contributed by atoms with Gasteiger partial charge in [0.1, 0.15) is 0 Å². The molecule has 2 saturated heterocycles. The van der Waals surface area contributed by atoms with Crippen molar-refractivity contribution < 1.29 is 36.3 Å². The standard InChI is InChI=1S/C20H31BrN4O3S.C2HF3O2/c21-19-6-4-18(5-7-19)20(26)24(15-14-23-10-2-1-3-11-23)16-17-29(27,28)25-12-8-22-9-13-25;3-2(4,5)1(6)7/h4-7,22H,1-3,8-17H2;(H,6,7). The molecule has 0 aliphatic carbocycles. The minimum atomic E-state index is -5.08. The Morgan fingerprint density at radius 2 is 1.56 bits per heavy atom. The van der Waals surface area contributed by atoms with Gasteiger partial charge in [-0.25, -0.2) is 13.2 Å². The molecule has 0 atom stereocenters. The van der Waals surface area contributed by atoms with Gasteiger partial charge < -0.3 is 20.2 Å². The molecule has 9 nitrogen and oxygen atoms in total. The summed E-state index contributed by atoms with van der Waals surface area (Å²) in [6.45, 7) is 6.01. The lowest BCUT2D eigenvalue weighted by molar-refractivity contribution is -0.192. The summed E-state index contributed by atoms with van der Waals surface area (Å²) in [4.78, 5) is 26.1. The highest BCUT2D eigenvalue weighted by Crippen LogP contribution is 2.15. The summed E-state index contributed by atoms with van der Waals surface area (Å²) in [6.07, 6.45) is -1.43. The number of benzene rings is 1. The highest BCUT2D eigenvalue weighted by atomic mass is 79.9. The van der Waals surface area contributed by atoms with Crippen LogP contribution in [-0.2, 0) is 14.8 Å². The summed E-state index contributed by atoms with van der Waals surface area (Å²) in [7, 11) is -3.37. The van der Waals surface area contributed by atoms with Crippen molar-refractivity contribution in [3.8, 4) is 0 Å². The first-order valence-electron chi connectivity index (χ1n) is 11.7. The fourth-order valence-electron chi connectivity index (χ4n) is 3.81. The van der Waals surface area contributed by atoms with E-state index in [1.54, 1.807) is 17.0 Å². The molecule has 0 spiro atoms. The minimum Gasteiger partial charge on any atom is -0.475 e. The maximum absolute atomic E-state index is 13.1. The molecule has 36 heavy (non-hydrogen) atoms. The third kappa shape index (κ3) is 10.3. The number of piperazine rings is 1. The van der Waals surface area contributed by atoms with E-state index in [0.29, 0.717) is 38.3 Å². The lowest BCUT2D eigenvalue weighted by atomic mass is 10.1. The molecule has 0 aromatic heterocycles. The van der Waals surface area contributed by atoms with Crippen LogP contribution in [0.2, 0.25) is 0 Å². The number of likely N-dealkylation sites (tertiary alicyclic amines) is 1. The van der Waals surface area contributed by atoms with E-state index in [9.17, 15) is 26.4 Å². The Hall–Kier alpha value is -1.74. The summed E-state index contributed by atoms with van der Waals surface area (Å²) in [6, 6.07) is 7.25. The van der Waals surface area contributed by atoms with Crippen molar-refractivity contribution in [3.05, 3.63) is 34.3 Å². The average Bonchev–Trinajstić information content (AvgIpc) is 2.85. The molecule has 204 valence electrons. The third-order valence-corrected chi connectivity index (χ3v) is 8.22. The van der Waals surface area contributed by atoms with Crippen LogP contribution < -0.4 is 5.32 Å². The van der Waals surface area contributed by atoms with Crippen LogP contribution in [0.1, 0.15) is 29.6 Å². The number of carboxylic acids is 1. The van der Waals surface area contributed by atoms with Crippen molar-refractivity contribution in [2.45, 2.75) is 25.4 Å². The van der Waals surface area contributed by atoms with Gasteiger partial charge in [0.05, 0.1) is 5.75 Å². The number of nitrogens with one attached hydrogen (secondary N) is 1. The zero-order chi connectivity index (χ0) is 26.8. The molecule has 2 aliphatic rings. The summed E-state index contributed by atoms with van der Waals surface area (Å²) < 4.78 is 59.7. The molecule has 0 radical (unpaired) electrons. The van der Waals surface area contributed by atoms with Gasteiger partial charge in [-0.3, -0.25) is 4.79 Å². The Morgan fingerprint density at radius 1 is 1.00 bits per heavy atom. The fraction of sp³-hybridized carbons (Fsp3) is 0.636. The Balaban J connectivity index is 0.000000572. The SMILES string of the molecule is O=C(O)C(F)(F)F.O=C(c1ccc(Br)cc1)N(CCN1CCCCC1)CCS(=O)(=O)N1CCNCC1. The number of piperidine rings is 1. The number of carboxylic acid groups (broad SMARTS) is 1. The van der Waals surface area contributed by atoms with Crippen molar-refractivity contribution in [3.63, 3.8) is 0 Å². The number of carbonyl (C=O) groups excluding carboxylic acids is 1. The van der Waals surface area contributed by atoms with E-state index in [4.69, 9.17) is 9.90 Å². The second-order valence-electron chi connectivity index (χ2n) is 8.47. The van der Waals surface area contributed by atoms with Crippen molar-refractivity contribution in [1.82, 2.24) is 19.4 Å². The normalized spacial score (nSPS) is 17.7. The molecule has 14 heteroatoms. The number of sulfonamides is 1. The number of rotatable bonds is 8. The summed E-state index contributed by atoms with van der Waals surface area (Å²) in [5, 5.41) is 10.3. The number of hydrogen-bond acceptors (Lipinski definition) is 6. The van der Waals surface area contributed by atoms with E-state index in [-0.39, 0.29) is 18.2 Å². The highest BCUT2D eigenvalue weighted by molar-refractivity contribution is 9.10. The Kier molecular flexibility index (Phi) is 12.1. The Labute approximate surface area is 217 Å². The molecule has 3 rings (SSSR count). The first-order valence-corrected chi connectivity index (χ1v) is 14.1. The predicted molar refractivity (Wildman–Crippen MR) is 132 cm³/mol. The molecule has 2 N–H and O–H groups in total. The molecule has 0 bridgehead atoms. The van der Waals surface area contributed by atoms with Crippen LogP contribution in [0.25, 0.3) is 0 Å². The van der Waals surface area contributed by atoms with Gasteiger partial charge in [0.2, 0.25) is 10.0 Å². The van der Waals surface area contributed by atoms with Crippen LogP contribution in [-0.4, -0.2) is 110 Å². The molecule has 2 fully saturated rings. The largest absolute Gasteiger partial charge is 0.490 e. The van der Waals surface area contributed by atoms with Crippen LogP contribution >= 0.6 is 15.9 Å². The molecule has 1 amide bonds. The van der Waals surface area contributed by atoms with Crippen LogP contribution in [0.4, 0.5) is 13.2 Å². The lowest BCUT2D eigenvalue weighted by Gasteiger charge is -2.31. The van der Waals surface area contributed by atoms with E-state index in [0.717, 1.165) is 24.1 Å². The fourth-order valence-corrected chi connectivity index (χ4v) is 5.52. The van der Waals surface area contributed by atoms with Crippen LogP contribution in [0.15, 0.2) is 28.7 Å². The molecule has 0 saturated carbocycles. The average molecular weight is 601 g/mol. The number of carbonyl (C=O) groups is 2. The third-order valence-electron chi connectivity index (χ3n) is 5.84. The highest BCUT2D eigenvalue weighted by Gasteiger charge is 2.38. The maximum Gasteiger partial charge on any atom is 0.490 e. The van der Waals surface area contributed by atoms with Gasteiger partial charge in [-0.1, -0.05) is 22.4 Å². The van der Waals surface area contributed by atoms with Gasteiger partial charge in [0.15, 0.2) is 0 Å². The van der Waals surface area contributed by atoms with E-state index >= 15 is 0 Å². The van der Waals surface area contributed by atoms with Crippen molar-refractivity contribution in [2.75, 3.05) is 64.7 Å². The summed E-state index contributed by atoms with van der Waals surface area (Å²) in [5.41, 5.74) is 0.589. The van der Waals surface area contributed by atoms with Crippen LogP contribution in [0.5, 0.6) is 0 Å². The lowest BCUT2D eigenvalue weighted by Crippen LogP contribution is -2.49. The van der Waals surface area contributed by atoms with Crippen LogP contribution in [0.3, 0.4) is 0 Å². The van der Waals surface area contributed by atoms with Gasteiger partial charge >= 0.3 is 12.1 Å². The minimum absolute atomic E-state index is 0.0325. The summed E-state index contributed by atoms with van der Waals surface area (Å²) in [5.74, 6) is -2.90. The number of amides is 1. The van der Waals surface area contributed by atoms with E-state index in [2.05, 4.69) is 26.1 Å². The second kappa shape index (κ2) is 14.3. The molecule has 2 aliphatic heterocycles. The number of alkyl halides is 3. The molecule has 1 aromatic carbocycles. The number of hydrogen-bond donors (Lipinski definition) is 2. The zero-order valence-electron chi connectivity index (χ0n) is 19.8. The zero-order valence-corrected chi connectivity index (χ0v) is 22.2. The second-order valence-corrected chi connectivity index (χ2v) is 11.5. The molecule has 1 aromatic rings. The first-order chi connectivity index (χ1) is 16.9. The smallest absolute Gasteiger partial charge is 0.475 e. The molecular weight excluding hydrogens is 569 g/mol. The topological polar surface area (TPSA) is 110 Å². The number of nitrogens with zero attached hydrogens (tertiary/aromatic N) is 3. The van der Waals surface area contributed by atoms with Gasteiger partial charge in [-0.05, 0) is 50.2 Å². The predicted octanol–water partition coefficient (Wildman–Crippen LogP) is 2.25. The number of aliphatic carboxylic acids is 1.